The van der Waals surface area contributed by atoms with Gasteiger partial charge in [0.1, 0.15) is 0 Å². The molecule has 0 aromatic carbocycles. The summed E-state index contributed by atoms with van der Waals surface area (Å²) in [6.45, 7) is 10.3. The summed E-state index contributed by atoms with van der Waals surface area (Å²) in [7, 11) is -3.87. The molecule has 0 fully saturated rings. The number of hydrogen-bond acceptors (Lipinski definition) is 6. The van der Waals surface area contributed by atoms with Gasteiger partial charge in [0.25, 0.3) is 0 Å². The Kier molecular flexibility index (Phi) is 8.81. The first-order valence-corrected chi connectivity index (χ1v) is 7.68. The fourth-order valence-corrected chi connectivity index (χ4v) is 2.93. The van der Waals surface area contributed by atoms with E-state index in [1.807, 2.05) is 12.1 Å². The minimum Gasteiger partial charge on any atom is -0.317 e. The summed E-state index contributed by atoms with van der Waals surface area (Å²) in [5.41, 5.74) is -1.51. The number of hydrogen-bond donors (Lipinski definition) is 0. The van der Waals surface area contributed by atoms with Gasteiger partial charge < -0.3 is 4.85 Å². The fraction of sp³-hybridized carbons (Fsp3) is 0.750. The molecule has 0 aliphatic carbocycles. The number of nitriles is 2. The third kappa shape index (κ3) is 6.15. The summed E-state index contributed by atoms with van der Waals surface area (Å²) in [5.74, 6) is 0. The Hall–Kier alpha value is -1.42. The Bertz CT molecular complexity index is 433. The van der Waals surface area contributed by atoms with Crippen LogP contribution in [0, 0.1) is 29.2 Å². The maximum atomic E-state index is 12.3. The van der Waals surface area contributed by atoms with E-state index < -0.39 is 13.4 Å². The van der Waals surface area contributed by atoms with Crippen molar-refractivity contribution in [1.29, 1.82) is 10.5 Å². The molecule has 0 amide bonds. The summed E-state index contributed by atoms with van der Waals surface area (Å²) >= 11 is 0. The Labute approximate surface area is 119 Å². The molecule has 0 aliphatic heterocycles. The molecule has 0 bridgehead atoms. The van der Waals surface area contributed by atoms with E-state index >= 15 is 0 Å². The van der Waals surface area contributed by atoms with E-state index in [0.717, 1.165) is 0 Å². The van der Waals surface area contributed by atoms with Crippen LogP contribution in [0.1, 0.15) is 33.1 Å². The molecule has 0 radical (unpaired) electrons. The van der Waals surface area contributed by atoms with Gasteiger partial charge in [-0.05, 0) is 13.8 Å². The van der Waals surface area contributed by atoms with E-state index in [-0.39, 0.29) is 39.0 Å². The third-order valence-corrected chi connectivity index (χ3v) is 4.05. The molecule has 8 heteroatoms. The van der Waals surface area contributed by atoms with Crippen LogP contribution in [0.3, 0.4) is 0 Å². The molecule has 0 aromatic heterocycles. The van der Waals surface area contributed by atoms with Gasteiger partial charge in [-0.1, -0.05) is 0 Å². The summed E-state index contributed by atoms with van der Waals surface area (Å²) in [4.78, 5) is 3.16. The number of rotatable bonds is 10. The highest BCUT2D eigenvalue weighted by molar-refractivity contribution is 7.48. The van der Waals surface area contributed by atoms with Crippen molar-refractivity contribution in [2.24, 2.45) is 0 Å². The summed E-state index contributed by atoms with van der Waals surface area (Å²) < 4.78 is 27.6. The van der Waals surface area contributed by atoms with Crippen LogP contribution in [0.4, 0.5) is 0 Å². The van der Waals surface area contributed by atoms with Crippen LogP contribution in [0.15, 0.2) is 0 Å². The van der Waals surface area contributed by atoms with Crippen molar-refractivity contribution >= 4 is 7.82 Å². The van der Waals surface area contributed by atoms with Gasteiger partial charge in [-0.15, -0.1) is 0 Å². The molecule has 0 spiro atoms. The molecular weight excluding hydrogens is 281 g/mol. The first kappa shape index (κ1) is 18.6. The molecular formula is C12H18N3O4P. The maximum absolute atomic E-state index is 12.3. The molecule has 7 nitrogen and oxygen atoms in total. The second-order valence-corrected chi connectivity index (χ2v) is 5.36. The summed E-state index contributed by atoms with van der Waals surface area (Å²) in [6, 6.07) is 3.81. The van der Waals surface area contributed by atoms with Gasteiger partial charge in [-0.3, -0.25) is 13.6 Å². The van der Waals surface area contributed by atoms with Crippen LogP contribution >= 0.6 is 7.82 Å². The fourth-order valence-electron chi connectivity index (χ4n) is 1.46. The van der Waals surface area contributed by atoms with E-state index in [1.165, 1.54) is 0 Å². The van der Waals surface area contributed by atoms with E-state index in [0.29, 0.717) is 0 Å². The largest absolute Gasteiger partial charge is 0.476 e. The van der Waals surface area contributed by atoms with Crippen molar-refractivity contribution in [3.05, 3.63) is 11.4 Å². The lowest BCUT2D eigenvalue weighted by atomic mass is 9.96. The molecule has 0 heterocycles. The third-order valence-electron chi connectivity index (χ3n) is 2.33. The maximum Gasteiger partial charge on any atom is 0.476 e. The quantitative estimate of drug-likeness (QED) is 0.454. The highest BCUT2D eigenvalue weighted by Gasteiger charge is 2.42. The van der Waals surface area contributed by atoms with Gasteiger partial charge in [-0.25, -0.2) is 11.1 Å². The lowest BCUT2D eigenvalue weighted by Gasteiger charge is -2.28. The van der Waals surface area contributed by atoms with Crippen molar-refractivity contribution in [2.75, 3.05) is 19.8 Å². The zero-order valence-corrected chi connectivity index (χ0v) is 12.6. The van der Waals surface area contributed by atoms with Gasteiger partial charge in [0.05, 0.1) is 31.8 Å². The Morgan fingerprint density at radius 3 is 2.25 bits per heavy atom. The second-order valence-electron chi connectivity index (χ2n) is 3.77. The van der Waals surface area contributed by atoms with E-state index in [4.69, 9.17) is 25.4 Å². The van der Waals surface area contributed by atoms with Crippen molar-refractivity contribution in [2.45, 2.75) is 38.7 Å². The van der Waals surface area contributed by atoms with Crippen LogP contribution in [0.2, 0.25) is 0 Å². The molecule has 0 aliphatic rings. The minimum atomic E-state index is -3.87. The smallest absolute Gasteiger partial charge is 0.317 e. The first-order chi connectivity index (χ1) is 9.51. The number of phosphoric ester groups is 1. The second kappa shape index (κ2) is 9.48. The van der Waals surface area contributed by atoms with Crippen LogP contribution in [0.25, 0.3) is 4.85 Å². The normalized spacial score (nSPS) is 13.8. The zero-order chi connectivity index (χ0) is 15.5. The van der Waals surface area contributed by atoms with Crippen LogP contribution in [-0.4, -0.2) is 25.4 Å². The predicted molar refractivity (Wildman–Crippen MR) is 71.2 cm³/mol. The van der Waals surface area contributed by atoms with Gasteiger partial charge in [0.2, 0.25) is 6.54 Å². The highest BCUT2D eigenvalue weighted by atomic mass is 31.2. The molecule has 1 unspecified atom stereocenters. The number of phosphoric acid groups is 1. The lowest BCUT2D eigenvalue weighted by molar-refractivity contribution is 0.0395. The average Bonchev–Trinajstić information content (AvgIpc) is 2.42. The van der Waals surface area contributed by atoms with Crippen molar-refractivity contribution in [3.8, 4) is 12.1 Å². The van der Waals surface area contributed by atoms with Crippen LogP contribution in [-0.2, 0) is 18.1 Å². The monoisotopic (exact) mass is 299 g/mol. The summed E-state index contributed by atoms with van der Waals surface area (Å²) in [5, 5.41) is 18.0. The number of nitrogens with zero attached hydrogens (tertiary/aromatic N) is 3. The van der Waals surface area contributed by atoms with Gasteiger partial charge in [-0.2, -0.15) is 10.5 Å². The lowest BCUT2D eigenvalue weighted by Crippen LogP contribution is -2.31. The zero-order valence-electron chi connectivity index (χ0n) is 11.7. The van der Waals surface area contributed by atoms with Crippen LogP contribution in [0.5, 0.6) is 0 Å². The molecule has 0 rings (SSSR count). The highest BCUT2D eigenvalue weighted by Crippen LogP contribution is 2.53. The molecule has 0 saturated carbocycles. The first-order valence-electron chi connectivity index (χ1n) is 6.22. The van der Waals surface area contributed by atoms with E-state index in [2.05, 4.69) is 4.85 Å². The standard InChI is InChI=1S/C12H18N3O4P/c1-4-17-20(16,18-5-2)19-12(11-14,7-6-9-13)8-10-15-3/h4-8,10H2,1-2H3. The Morgan fingerprint density at radius 2 is 1.85 bits per heavy atom. The molecule has 110 valence electrons. The topological polar surface area (TPSA) is 96.7 Å². The van der Waals surface area contributed by atoms with Gasteiger partial charge >= 0.3 is 7.82 Å². The van der Waals surface area contributed by atoms with E-state index in [1.54, 1.807) is 13.8 Å². The van der Waals surface area contributed by atoms with Crippen LogP contribution < -0.4 is 0 Å². The minimum absolute atomic E-state index is 0.0250. The summed E-state index contributed by atoms with van der Waals surface area (Å²) in [6.07, 6.45) is 0.127. The Balaban J connectivity index is 5.20. The molecule has 0 aromatic rings. The molecule has 1 atom stereocenters. The molecule has 20 heavy (non-hydrogen) atoms. The van der Waals surface area contributed by atoms with Gasteiger partial charge in [0, 0.05) is 12.8 Å². The Morgan fingerprint density at radius 1 is 1.25 bits per heavy atom. The SMILES string of the molecule is [C-]#[N+]CCC(C#N)(CCC#N)OP(=O)(OCC)OCC. The van der Waals surface area contributed by atoms with Gasteiger partial charge in [0.15, 0.2) is 5.60 Å². The van der Waals surface area contributed by atoms with E-state index in [9.17, 15) is 9.83 Å². The molecule has 0 saturated heterocycles. The van der Waals surface area contributed by atoms with Crippen molar-refractivity contribution in [3.63, 3.8) is 0 Å². The average molecular weight is 299 g/mol. The van der Waals surface area contributed by atoms with Crippen molar-refractivity contribution in [1.82, 2.24) is 0 Å². The van der Waals surface area contributed by atoms with Crippen molar-refractivity contribution < 1.29 is 18.1 Å². The molecule has 0 N–H and O–H groups in total. The predicted octanol–water partition coefficient (Wildman–Crippen LogP) is 3.06.